The van der Waals surface area contributed by atoms with E-state index in [1.807, 2.05) is 0 Å². The van der Waals surface area contributed by atoms with Crippen LogP contribution in [0.5, 0.6) is 0 Å². The molecule has 2 aromatic carbocycles. The third-order valence-corrected chi connectivity index (χ3v) is 5.88. The average molecular weight is 430 g/mol. The van der Waals surface area contributed by atoms with Crippen molar-refractivity contribution in [1.29, 1.82) is 0 Å². The second-order valence-electron chi connectivity index (χ2n) is 6.24. The predicted octanol–water partition coefficient (Wildman–Crippen LogP) is 3.39. The minimum Gasteiger partial charge on any atom is -0.384 e. The van der Waals surface area contributed by atoms with E-state index in [1.165, 1.54) is 22.4 Å². The number of thioether (sulfide) groups is 1. The molecule has 9 heteroatoms. The van der Waals surface area contributed by atoms with Gasteiger partial charge in [-0.3, -0.25) is 24.3 Å². The summed E-state index contributed by atoms with van der Waals surface area (Å²) in [7, 11) is 0. The van der Waals surface area contributed by atoms with Crippen LogP contribution in [-0.2, 0) is 5.75 Å². The van der Waals surface area contributed by atoms with Crippen molar-refractivity contribution in [3.8, 4) is 5.69 Å². The first kappa shape index (κ1) is 19.2. The molecule has 0 saturated carbocycles. The van der Waals surface area contributed by atoms with Crippen molar-refractivity contribution in [2.45, 2.75) is 10.6 Å². The van der Waals surface area contributed by atoms with Crippen LogP contribution in [0.1, 0.15) is 26.3 Å². The predicted molar refractivity (Wildman–Crippen MR) is 109 cm³/mol. The van der Waals surface area contributed by atoms with Gasteiger partial charge in [0.05, 0.1) is 21.8 Å². The van der Waals surface area contributed by atoms with Crippen LogP contribution in [0.4, 0.5) is 10.2 Å². The molecule has 0 radical (unpaired) electrons. The number of imide groups is 1. The molecule has 3 N–H and O–H groups in total. The summed E-state index contributed by atoms with van der Waals surface area (Å²) in [6, 6.07) is 12.7. The fourth-order valence-electron chi connectivity index (χ4n) is 3.11. The normalized spacial score (nSPS) is 12.8. The van der Waals surface area contributed by atoms with Gasteiger partial charge in [0.1, 0.15) is 11.6 Å². The molecule has 0 aliphatic carbocycles. The van der Waals surface area contributed by atoms with E-state index in [0.29, 0.717) is 16.1 Å². The molecule has 0 unspecified atom stereocenters. The molecule has 0 saturated heterocycles. The fourth-order valence-corrected chi connectivity index (χ4v) is 4.32. The van der Waals surface area contributed by atoms with Gasteiger partial charge < -0.3 is 5.73 Å². The van der Waals surface area contributed by atoms with Gasteiger partial charge in [0.15, 0.2) is 0 Å². The molecule has 6 nitrogen and oxygen atoms in total. The number of para-hydroxylation sites is 1. The highest BCUT2D eigenvalue weighted by Crippen LogP contribution is 2.32. The molecule has 4 rings (SSSR count). The second kappa shape index (κ2) is 7.38. The van der Waals surface area contributed by atoms with Crippen molar-refractivity contribution < 1.29 is 14.0 Å². The highest BCUT2D eigenvalue weighted by molar-refractivity contribution is 7.98. The number of halogens is 2. The number of hydrogen-bond acceptors (Lipinski definition) is 5. The zero-order valence-electron chi connectivity index (χ0n) is 14.7. The molecular weight excluding hydrogens is 417 g/mol. The molecule has 0 fully saturated rings. The number of carbonyl (C=O) groups excluding carboxylic acids is 2. The number of anilines is 1. The Morgan fingerprint density at radius 1 is 1.07 bits per heavy atom. The van der Waals surface area contributed by atoms with E-state index in [4.69, 9.17) is 17.3 Å². The smallest absolute Gasteiger partial charge is 0.262 e. The average Bonchev–Trinajstić information content (AvgIpc) is 2.97. The van der Waals surface area contributed by atoms with Gasteiger partial charge in [-0.1, -0.05) is 35.9 Å². The number of amides is 2. The van der Waals surface area contributed by atoms with E-state index >= 15 is 0 Å². The first-order chi connectivity index (χ1) is 13.9. The summed E-state index contributed by atoms with van der Waals surface area (Å²) in [6.45, 7) is 0. The Morgan fingerprint density at radius 2 is 1.83 bits per heavy atom. The van der Waals surface area contributed by atoms with E-state index in [0.717, 1.165) is 6.07 Å². The van der Waals surface area contributed by atoms with Crippen molar-refractivity contribution in [1.82, 2.24) is 9.88 Å². The van der Waals surface area contributed by atoms with Crippen molar-refractivity contribution in [2.75, 3.05) is 5.73 Å². The molecule has 1 aliphatic heterocycles. The first-order valence-corrected chi connectivity index (χ1v) is 9.81. The molecule has 1 aliphatic rings. The van der Waals surface area contributed by atoms with E-state index < -0.39 is 23.2 Å². The van der Waals surface area contributed by atoms with Crippen molar-refractivity contribution in [3.63, 3.8) is 0 Å². The molecule has 0 bridgehead atoms. The summed E-state index contributed by atoms with van der Waals surface area (Å²) >= 11 is 7.12. The molecule has 3 aromatic rings. The lowest BCUT2D eigenvalue weighted by molar-refractivity contribution is 0.0880. The topological polar surface area (TPSA) is 94.2 Å². The maximum atomic E-state index is 14.2. The first-order valence-electron chi connectivity index (χ1n) is 8.44. The number of fused-ring (bicyclic) bond motifs is 1. The van der Waals surface area contributed by atoms with Crippen molar-refractivity contribution >= 4 is 41.0 Å². The second-order valence-corrected chi connectivity index (χ2v) is 7.67. The van der Waals surface area contributed by atoms with Crippen LogP contribution in [0.3, 0.4) is 0 Å². The van der Waals surface area contributed by atoms with Gasteiger partial charge in [-0.05, 0) is 23.8 Å². The molecule has 29 heavy (non-hydrogen) atoms. The van der Waals surface area contributed by atoms with E-state index in [2.05, 4.69) is 5.32 Å². The van der Waals surface area contributed by atoms with Crippen molar-refractivity contribution in [3.05, 3.63) is 86.4 Å². The summed E-state index contributed by atoms with van der Waals surface area (Å²) in [5.41, 5.74) is 6.32. The summed E-state index contributed by atoms with van der Waals surface area (Å²) in [5, 5.41) is 2.17. The number of aromatic nitrogens is 1. The number of carbonyl (C=O) groups is 2. The Kier molecular flexibility index (Phi) is 4.89. The zero-order chi connectivity index (χ0) is 20.7. The molecule has 146 valence electrons. The largest absolute Gasteiger partial charge is 0.384 e. The van der Waals surface area contributed by atoms with E-state index in [9.17, 15) is 18.8 Å². The monoisotopic (exact) mass is 429 g/mol. The molecule has 1 aromatic heterocycles. The number of nitrogens with two attached hydrogens (primary N) is 1. The van der Waals surface area contributed by atoms with Gasteiger partial charge in [-0.2, -0.15) is 0 Å². The summed E-state index contributed by atoms with van der Waals surface area (Å²) < 4.78 is 15.4. The highest BCUT2D eigenvalue weighted by Gasteiger charge is 2.32. The zero-order valence-corrected chi connectivity index (χ0v) is 16.3. The molecule has 2 amide bonds. The van der Waals surface area contributed by atoms with Crippen LogP contribution in [0, 0.1) is 5.82 Å². The number of rotatable bonds is 4. The number of benzene rings is 2. The Bertz CT molecular complexity index is 1240. The van der Waals surface area contributed by atoms with Gasteiger partial charge in [-0.25, -0.2) is 4.39 Å². The van der Waals surface area contributed by atoms with Gasteiger partial charge in [-0.15, -0.1) is 11.8 Å². The van der Waals surface area contributed by atoms with E-state index in [1.54, 1.807) is 36.4 Å². The summed E-state index contributed by atoms with van der Waals surface area (Å²) in [5.74, 6) is -1.66. The van der Waals surface area contributed by atoms with Crippen molar-refractivity contribution in [2.24, 2.45) is 0 Å². The maximum Gasteiger partial charge on any atom is 0.262 e. The Labute approximate surface area is 173 Å². The Hall–Kier alpha value is -3.10. The molecule has 0 spiro atoms. The number of hydrogen-bond donors (Lipinski definition) is 2. The lowest BCUT2D eigenvalue weighted by Gasteiger charge is -2.15. The minimum atomic E-state index is -0.653. The number of nitrogens with zero attached hydrogens (tertiary/aromatic N) is 1. The van der Waals surface area contributed by atoms with Gasteiger partial charge in [0, 0.05) is 16.7 Å². The van der Waals surface area contributed by atoms with Crippen LogP contribution >= 0.6 is 23.4 Å². The Morgan fingerprint density at radius 3 is 2.62 bits per heavy atom. The van der Waals surface area contributed by atoms with Gasteiger partial charge in [0.2, 0.25) is 0 Å². The summed E-state index contributed by atoms with van der Waals surface area (Å²) in [6.07, 6.45) is 0. The third kappa shape index (κ3) is 3.30. The number of nitrogen functional groups attached to an aromatic ring is 1. The van der Waals surface area contributed by atoms with Crippen LogP contribution in [-0.4, -0.2) is 16.4 Å². The number of pyridine rings is 1. The third-order valence-electron chi connectivity index (χ3n) is 4.47. The minimum absolute atomic E-state index is 0.0321. The summed E-state index contributed by atoms with van der Waals surface area (Å²) in [4.78, 5) is 37.2. The lowest BCUT2D eigenvalue weighted by atomic mass is 10.1. The standard InChI is InChI=1S/C20H13ClFN3O3S/c21-12-5-3-4-10(17(12)22)9-29-14-7-2-1-6-13(14)25-15(26)8-11-16(18(25)23)20(28)24-19(11)27/h1-8H,9,23H2,(H,24,27,28). The lowest BCUT2D eigenvalue weighted by Crippen LogP contribution is -2.24. The molecule has 0 atom stereocenters. The van der Waals surface area contributed by atoms with Crippen LogP contribution < -0.4 is 16.6 Å². The van der Waals surface area contributed by atoms with Crippen LogP contribution in [0.2, 0.25) is 5.02 Å². The fraction of sp³-hybridized carbons (Fsp3) is 0.0500. The van der Waals surface area contributed by atoms with Crippen LogP contribution in [0.15, 0.2) is 58.2 Å². The maximum absolute atomic E-state index is 14.2. The van der Waals surface area contributed by atoms with Gasteiger partial charge in [0.25, 0.3) is 17.4 Å². The molecular formula is C20H13ClFN3O3S. The molecule has 2 heterocycles. The number of nitrogens with one attached hydrogen (secondary N) is 1. The highest BCUT2D eigenvalue weighted by atomic mass is 35.5. The van der Waals surface area contributed by atoms with Crippen LogP contribution in [0.25, 0.3) is 5.69 Å². The quantitative estimate of drug-likeness (QED) is 0.489. The van der Waals surface area contributed by atoms with E-state index in [-0.39, 0.29) is 27.7 Å². The SMILES string of the molecule is Nc1c2c(cc(=O)n1-c1ccccc1SCc1cccc(Cl)c1F)C(=O)NC2=O. The Balaban J connectivity index is 1.78. The van der Waals surface area contributed by atoms with Gasteiger partial charge >= 0.3 is 0 Å².